The van der Waals surface area contributed by atoms with Gasteiger partial charge in [-0.1, -0.05) is 29.8 Å². The zero-order valence-electron chi connectivity index (χ0n) is 15.3. The lowest BCUT2D eigenvalue weighted by Crippen LogP contribution is -2.43. The molecule has 0 aromatic heterocycles. The van der Waals surface area contributed by atoms with Crippen molar-refractivity contribution in [2.45, 2.75) is 13.0 Å². The maximum Gasteiger partial charge on any atom is 0.269 e. The van der Waals surface area contributed by atoms with Gasteiger partial charge in [0.2, 0.25) is 0 Å². The third kappa shape index (κ3) is 4.90. The molecule has 1 atom stereocenters. The lowest BCUT2D eigenvalue weighted by Gasteiger charge is -2.35. The summed E-state index contributed by atoms with van der Waals surface area (Å²) in [5.74, 6) is -0.240. The molecule has 1 N–H and O–H groups in total. The normalized spacial score (nSPS) is 15.9. The van der Waals surface area contributed by atoms with Crippen molar-refractivity contribution >= 4 is 11.6 Å². The fourth-order valence-corrected chi connectivity index (χ4v) is 3.25. The van der Waals surface area contributed by atoms with Crippen LogP contribution in [0, 0.1) is 17.0 Å². The minimum atomic E-state index is -0.478. The molecule has 0 saturated carbocycles. The number of carbonyl (C=O) groups is 1. The molecule has 1 aliphatic heterocycles. The number of nitro groups is 1. The molecule has 2 aromatic carbocycles. The molecule has 2 aromatic rings. The number of hydrogen-bond acceptors (Lipinski definition) is 5. The molecule has 1 amide bonds. The molecule has 1 saturated heterocycles. The van der Waals surface area contributed by atoms with E-state index >= 15 is 0 Å². The highest BCUT2D eigenvalue weighted by molar-refractivity contribution is 5.94. The van der Waals surface area contributed by atoms with E-state index in [4.69, 9.17) is 4.74 Å². The van der Waals surface area contributed by atoms with Gasteiger partial charge in [-0.3, -0.25) is 19.8 Å². The number of benzene rings is 2. The third-order valence-corrected chi connectivity index (χ3v) is 4.71. The van der Waals surface area contributed by atoms with Crippen LogP contribution < -0.4 is 5.32 Å². The van der Waals surface area contributed by atoms with Crippen LogP contribution in [0.4, 0.5) is 5.69 Å². The first-order valence-electron chi connectivity index (χ1n) is 8.95. The molecule has 0 spiro atoms. The fraction of sp³-hybridized carbons (Fsp3) is 0.350. The maximum absolute atomic E-state index is 12.5. The molecule has 142 valence electrons. The van der Waals surface area contributed by atoms with E-state index in [9.17, 15) is 14.9 Å². The van der Waals surface area contributed by atoms with E-state index in [0.717, 1.165) is 18.7 Å². The minimum absolute atomic E-state index is 0.0301. The van der Waals surface area contributed by atoms with Crippen LogP contribution in [-0.4, -0.2) is 48.6 Å². The number of non-ortho nitro benzene ring substituents is 1. The average Bonchev–Trinajstić information content (AvgIpc) is 2.69. The van der Waals surface area contributed by atoms with Crippen molar-refractivity contribution in [2.75, 3.05) is 32.8 Å². The van der Waals surface area contributed by atoms with E-state index < -0.39 is 4.92 Å². The second-order valence-corrected chi connectivity index (χ2v) is 6.59. The Hall–Kier alpha value is -2.77. The molecule has 1 aliphatic rings. The summed E-state index contributed by atoms with van der Waals surface area (Å²) in [5, 5.41) is 13.7. The number of hydrogen-bond donors (Lipinski definition) is 1. The quantitative estimate of drug-likeness (QED) is 0.625. The second kappa shape index (κ2) is 8.75. The van der Waals surface area contributed by atoms with Crippen LogP contribution in [0.15, 0.2) is 48.5 Å². The highest BCUT2D eigenvalue weighted by Crippen LogP contribution is 2.22. The number of carbonyl (C=O) groups excluding carboxylic acids is 1. The first-order valence-corrected chi connectivity index (χ1v) is 8.95. The Kier molecular flexibility index (Phi) is 6.16. The first-order chi connectivity index (χ1) is 13.0. The molecule has 1 unspecified atom stereocenters. The first kappa shape index (κ1) is 19.0. The van der Waals surface area contributed by atoms with Gasteiger partial charge in [0.15, 0.2) is 0 Å². The molecule has 0 bridgehead atoms. The van der Waals surface area contributed by atoms with Crippen molar-refractivity contribution < 1.29 is 14.5 Å². The SMILES string of the molecule is Cc1cccc(C(CNC(=O)c2ccc([N+](=O)[O-])cc2)N2CCOCC2)c1. The lowest BCUT2D eigenvalue weighted by atomic mass is 10.0. The minimum Gasteiger partial charge on any atom is -0.379 e. The van der Waals surface area contributed by atoms with Gasteiger partial charge in [-0.05, 0) is 24.6 Å². The van der Waals surface area contributed by atoms with Crippen molar-refractivity contribution in [1.82, 2.24) is 10.2 Å². The van der Waals surface area contributed by atoms with Gasteiger partial charge in [0.25, 0.3) is 11.6 Å². The second-order valence-electron chi connectivity index (χ2n) is 6.59. The van der Waals surface area contributed by atoms with Gasteiger partial charge in [-0.25, -0.2) is 0 Å². The van der Waals surface area contributed by atoms with Crippen LogP contribution in [0.2, 0.25) is 0 Å². The average molecular weight is 369 g/mol. The van der Waals surface area contributed by atoms with Gasteiger partial charge in [-0.15, -0.1) is 0 Å². The molecular weight excluding hydrogens is 346 g/mol. The van der Waals surface area contributed by atoms with Gasteiger partial charge >= 0.3 is 0 Å². The fourth-order valence-electron chi connectivity index (χ4n) is 3.25. The Balaban J connectivity index is 1.71. The van der Waals surface area contributed by atoms with Crippen LogP contribution in [-0.2, 0) is 4.74 Å². The summed E-state index contributed by atoms with van der Waals surface area (Å²) in [6, 6.07) is 14.0. The van der Waals surface area contributed by atoms with Crippen LogP contribution in [0.3, 0.4) is 0 Å². The van der Waals surface area contributed by atoms with Crippen LogP contribution in [0.5, 0.6) is 0 Å². The summed E-state index contributed by atoms with van der Waals surface area (Å²) >= 11 is 0. The smallest absolute Gasteiger partial charge is 0.269 e. The van der Waals surface area contributed by atoms with Gasteiger partial charge in [0.05, 0.1) is 24.2 Å². The van der Waals surface area contributed by atoms with Crippen molar-refractivity contribution in [3.8, 4) is 0 Å². The number of nitro benzene ring substituents is 1. The van der Waals surface area contributed by atoms with Crippen molar-refractivity contribution in [3.63, 3.8) is 0 Å². The number of nitrogens with zero attached hydrogens (tertiary/aromatic N) is 2. The Morgan fingerprint density at radius 1 is 1.22 bits per heavy atom. The summed E-state index contributed by atoms with van der Waals surface area (Å²) in [7, 11) is 0. The number of amides is 1. The third-order valence-electron chi connectivity index (χ3n) is 4.71. The van der Waals surface area contributed by atoms with Crippen molar-refractivity contribution in [2.24, 2.45) is 0 Å². The van der Waals surface area contributed by atoms with Crippen LogP contribution in [0.25, 0.3) is 0 Å². The van der Waals surface area contributed by atoms with E-state index in [1.807, 2.05) is 6.07 Å². The standard InChI is InChI=1S/C20H23N3O4/c1-15-3-2-4-17(13-15)19(22-9-11-27-12-10-22)14-21-20(24)16-5-7-18(8-6-16)23(25)26/h2-8,13,19H,9-12,14H2,1H3,(H,21,24). The number of aryl methyl sites for hydroxylation is 1. The van der Waals surface area contributed by atoms with Crippen LogP contribution in [0.1, 0.15) is 27.5 Å². The summed E-state index contributed by atoms with van der Waals surface area (Å²) in [6.45, 7) is 5.49. The molecular formula is C20H23N3O4. The van der Waals surface area contributed by atoms with Crippen molar-refractivity contribution in [1.29, 1.82) is 0 Å². The van der Waals surface area contributed by atoms with Crippen molar-refractivity contribution in [3.05, 3.63) is 75.3 Å². The predicted molar refractivity (Wildman–Crippen MR) is 102 cm³/mol. The number of nitrogens with one attached hydrogen (secondary N) is 1. The van der Waals surface area contributed by atoms with E-state index in [2.05, 4.69) is 35.3 Å². The highest BCUT2D eigenvalue weighted by atomic mass is 16.6. The number of morpholine rings is 1. The number of rotatable bonds is 6. The zero-order valence-corrected chi connectivity index (χ0v) is 15.3. The maximum atomic E-state index is 12.5. The largest absolute Gasteiger partial charge is 0.379 e. The number of ether oxygens (including phenoxy) is 1. The molecule has 1 fully saturated rings. The molecule has 0 radical (unpaired) electrons. The summed E-state index contributed by atoms with van der Waals surface area (Å²) in [6.07, 6.45) is 0. The van der Waals surface area contributed by atoms with Gasteiger partial charge in [-0.2, -0.15) is 0 Å². The molecule has 1 heterocycles. The van der Waals surface area contributed by atoms with Crippen LogP contribution >= 0.6 is 0 Å². The van der Waals surface area contributed by atoms with E-state index in [-0.39, 0.29) is 17.6 Å². The van der Waals surface area contributed by atoms with E-state index in [1.54, 1.807) is 0 Å². The Bertz CT molecular complexity index is 801. The van der Waals surface area contributed by atoms with E-state index in [0.29, 0.717) is 25.3 Å². The van der Waals surface area contributed by atoms with E-state index in [1.165, 1.54) is 29.8 Å². The Labute approximate surface area is 158 Å². The Morgan fingerprint density at radius 2 is 1.93 bits per heavy atom. The Morgan fingerprint density at radius 3 is 2.56 bits per heavy atom. The lowest BCUT2D eigenvalue weighted by molar-refractivity contribution is -0.384. The van der Waals surface area contributed by atoms with Gasteiger partial charge in [0.1, 0.15) is 0 Å². The predicted octanol–water partition coefficient (Wildman–Crippen LogP) is 2.71. The molecule has 7 nitrogen and oxygen atoms in total. The van der Waals surface area contributed by atoms with Gasteiger partial charge in [0, 0.05) is 37.3 Å². The zero-order chi connectivity index (χ0) is 19.2. The molecule has 3 rings (SSSR count). The summed E-state index contributed by atoms with van der Waals surface area (Å²) < 4.78 is 5.45. The topological polar surface area (TPSA) is 84.7 Å². The monoisotopic (exact) mass is 369 g/mol. The molecule has 7 heteroatoms. The highest BCUT2D eigenvalue weighted by Gasteiger charge is 2.23. The molecule has 27 heavy (non-hydrogen) atoms. The summed E-state index contributed by atoms with van der Waals surface area (Å²) in [5.41, 5.74) is 2.71. The summed E-state index contributed by atoms with van der Waals surface area (Å²) in [4.78, 5) is 25.1. The van der Waals surface area contributed by atoms with Gasteiger partial charge < -0.3 is 10.1 Å². The molecule has 0 aliphatic carbocycles.